The maximum atomic E-state index is 11.7. The van der Waals surface area contributed by atoms with Gasteiger partial charge in [-0.2, -0.15) is 0 Å². The Hall–Kier alpha value is -1.58. The van der Waals surface area contributed by atoms with Gasteiger partial charge in [0.05, 0.1) is 11.6 Å². The Balaban J connectivity index is 2.30. The molecule has 3 rings (SSSR count). The van der Waals surface area contributed by atoms with Gasteiger partial charge in [0.25, 0.3) is 0 Å². The molecule has 2 aromatic heterocycles. The van der Waals surface area contributed by atoms with E-state index < -0.39 is 0 Å². The molecule has 1 saturated carbocycles. The van der Waals surface area contributed by atoms with E-state index in [-0.39, 0.29) is 0 Å². The molecule has 0 unspecified atom stereocenters. The first-order chi connectivity index (χ1) is 6.36. The zero-order valence-corrected chi connectivity index (χ0v) is 7.03. The van der Waals surface area contributed by atoms with E-state index in [9.17, 15) is 5.21 Å². The van der Waals surface area contributed by atoms with Crippen LogP contribution in [0.4, 0.5) is 0 Å². The second-order valence-electron chi connectivity index (χ2n) is 3.50. The van der Waals surface area contributed by atoms with E-state index in [1.54, 1.807) is 6.20 Å². The van der Waals surface area contributed by atoms with E-state index in [0.29, 0.717) is 11.6 Å². The third kappa shape index (κ3) is 0.915. The fourth-order valence-electron chi connectivity index (χ4n) is 1.63. The van der Waals surface area contributed by atoms with Crippen LogP contribution in [0.2, 0.25) is 0 Å². The molecule has 1 N–H and O–H groups in total. The SMILES string of the molecule is [O-][n+]1c(C2CC2)ccc2cn[nH]c21. The van der Waals surface area contributed by atoms with Crippen molar-refractivity contribution in [2.75, 3.05) is 0 Å². The van der Waals surface area contributed by atoms with Crippen LogP contribution in [0.15, 0.2) is 18.3 Å². The Kier molecular flexibility index (Phi) is 1.17. The van der Waals surface area contributed by atoms with Crippen LogP contribution < -0.4 is 4.73 Å². The summed E-state index contributed by atoms with van der Waals surface area (Å²) in [5, 5.41) is 19.1. The number of hydrogen-bond acceptors (Lipinski definition) is 2. The van der Waals surface area contributed by atoms with Crippen molar-refractivity contribution >= 4 is 11.0 Å². The zero-order valence-electron chi connectivity index (χ0n) is 7.03. The monoisotopic (exact) mass is 175 g/mol. The fraction of sp³-hybridized carbons (Fsp3) is 0.333. The lowest BCUT2D eigenvalue weighted by atomic mass is 10.2. The summed E-state index contributed by atoms with van der Waals surface area (Å²) in [4.78, 5) is 0. The Labute approximate surface area is 74.8 Å². The van der Waals surface area contributed by atoms with Crippen molar-refractivity contribution in [3.05, 3.63) is 29.2 Å². The molecule has 0 bridgehead atoms. The second-order valence-corrected chi connectivity index (χ2v) is 3.50. The van der Waals surface area contributed by atoms with Gasteiger partial charge in [0.15, 0.2) is 0 Å². The molecule has 0 aromatic carbocycles. The van der Waals surface area contributed by atoms with Crippen LogP contribution in [-0.2, 0) is 0 Å². The first-order valence-corrected chi connectivity index (χ1v) is 4.42. The number of pyridine rings is 1. The molecule has 2 aromatic rings. The number of H-pyrrole nitrogens is 1. The van der Waals surface area contributed by atoms with Crippen molar-refractivity contribution in [2.24, 2.45) is 0 Å². The Morgan fingerprint density at radius 1 is 1.46 bits per heavy atom. The maximum absolute atomic E-state index is 11.7. The summed E-state index contributed by atoms with van der Waals surface area (Å²) in [7, 11) is 0. The van der Waals surface area contributed by atoms with Gasteiger partial charge in [-0.15, -0.1) is 5.10 Å². The largest absolute Gasteiger partial charge is 0.710 e. The fourth-order valence-corrected chi connectivity index (χ4v) is 1.63. The van der Waals surface area contributed by atoms with Gasteiger partial charge in [0, 0.05) is 5.92 Å². The minimum Gasteiger partial charge on any atom is -0.710 e. The summed E-state index contributed by atoms with van der Waals surface area (Å²) in [6.07, 6.45) is 3.95. The predicted molar refractivity (Wildman–Crippen MR) is 47.0 cm³/mol. The van der Waals surface area contributed by atoms with Gasteiger partial charge < -0.3 is 5.21 Å². The van der Waals surface area contributed by atoms with Crippen LogP contribution in [0.3, 0.4) is 0 Å². The lowest BCUT2D eigenvalue weighted by Crippen LogP contribution is -2.32. The van der Waals surface area contributed by atoms with Crippen LogP contribution in [-0.4, -0.2) is 10.2 Å². The van der Waals surface area contributed by atoms with E-state index in [0.717, 1.165) is 28.7 Å². The highest BCUT2D eigenvalue weighted by atomic mass is 16.5. The molecule has 1 aliphatic rings. The van der Waals surface area contributed by atoms with Crippen LogP contribution in [0.25, 0.3) is 11.0 Å². The number of rotatable bonds is 1. The molecule has 1 aliphatic carbocycles. The minimum atomic E-state index is 0.477. The third-order valence-corrected chi connectivity index (χ3v) is 2.51. The van der Waals surface area contributed by atoms with E-state index in [4.69, 9.17) is 0 Å². The molecule has 0 atom stereocenters. The number of hydrogen-bond donors (Lipinski definition) is 1. The molecule has 0 spiro atoms. The van der Waals surface area contributed by atoms with Crippen LogP contribution >= 0.6 is 0 Å². The van der Waals surface area contributed by atoms with E-state index in [1.807, 2.05) is 12.1 Å². The van der Waals surface area contributed by atoms with Gasteiger partial charge in [-0.25, -0.2) is 4.73 Å². The number of aromatic nitrogens is 3. The van der Waals surface area contributed by atoms with Gasteiger partial charge >= 0.3 is 5.65 Å². The van der Waals surface area contributed by atoms with Gasteiger partial charge in [-0.1, -0.05) is 5.10 Å². The van der Waals surface area contributed by atoms with Gasteiger partial charge in [-0.3, -0.25) is 0 Å². The smallest absolute Gasteiger partial charge is 0.311 e. The van der Waals surface area contributed by atoms with Crippen molar-refractivity contribution in [1.82, 2.24) is 10.2 Å². The zero-order chi connectivity index (χ0) is 8.84. The maximum Gasteiger partial charge on any atom is 0.311 e. The molecule has 2 heterocycles. The Morgan fingerprint density at radius 3 is 3.08 bits per heavy atom. The quantitative estimate of drug-likeness (QED) is 0.520. The molecule has 13 heavy (non-hydrogen) atoms. The summed E-state index contributed by atoms with van der Waals surface area (Å²) >= 11 is 0. The number of nitrogens with one attached hydrogen (secondary N) is 1. The highest BCUT2D eigenvalue weighted by Gasteiger charge is 2.28. The summed E-state index contributed by atoms with van der Waals surface area (Å²) in [6, 6.07) is 3.85. The Morgan fingerprint density at radius 2 is 2.31 bits per heavy atom. The molecule has 4 nitrogen and oxygen atoms in total. The normalized spacial score (nSPS) is 16.6. The van der Waals surface area contributed by atoms with Gasteiger partial charge in [0.1, 0.15) is 5.69 Å². The topological polar surface area (TPSA) is 55.6 Å². The highest BCUT2D eigenvalue weighted by Crippen LogP contribution is 2.38. The average Bonchev–Trinajstić information content (AvgIpc) is 2.83. The first-order valence-electron chi connectivity index (χ1n) is 4.42. The lowest BCUT2D eigenvalue weighted by molar-refractivity contribution is -0.588. The number of aromatic amines is 1. The first kappa shape index (κ1) is 6.88. The van der Waals surface area contributed by atoms with Crippen molar-refractivity contribution in [3.8, 4) is 0 Å². The molecular formula is C9H9N3O. The Bertz CT molecular complexity index is 459. The lowest BCUT2D eigenvalue weighted by Gasteiger charge is -2.07. The summed E-state index contributed by atoms with van der Waals surface area (Å²) in [6.45, 7) is 0. The predicted octanol–water partition coefficient (Wildman–Crippen LogP) is 1.07. The number of nitrogens with zero attached hydrogens (tertiary/aromatic N) is 2. The van der Waals surface area contributed by atoms with Crippen molar-refractivity contribution in [2.45, 2.75) is 18.8 Å². The highest BCUT2D eigenvalue weighted by molar-refractivity contribution is 5.70. The van der Waals surface area contributed by atoms with Crippen molar-refractivity contribution in [3.63, 3.8) is 0 Å². The standard InChI is InChI=1S/C9H9N3O/c13-12-8(6-1-2-6)4-3-7-5-10-11-9(7)12/h3-6H,1-2H2,(H,10,11). The molecule has 0 amide bonds. The number of fused-ring (bicyclic) bond motifs is 1. The van der Waals surface area contributed by atoms with Gasteiger partial charge in [-0.05, 0) is 25.0 Å². The van der Waals surface area contributed by atoms with Crippen LogP contribution in [0.1, 0.15) is 24.5 Å². The molecule has 0 radical (unpaired) electrons. The summed E-state index contributed by atoms with van der Waals surface area (Å²) in [5.74, 6) is 0.477. The van der Waals surface area contributed by atoms with Crippen molar-refractivity contribution in [1.29, 1.82) is 0 Å². The van der Waals surface area contributed by atoms with Crippen molar-refractivity contribution < 1.29 is 4.73 Å². The molecule has 4 heteroatoms. The van der Waals surface area contributed by atoms with Gasteiger partial charge in [0.2, 0.25) is 0 Å². The summed E-state index contributed by atoms with van der Waals surface area (Å²) in [5.41, 5.74) is 1.45. The molecule has 0 aliphatic heterocycles. The minimum absolute atomic E-state index is 0.477. The molecule has 66 valence electrons. The molecule has 0 saturated heterocycles. The van der Waals surface area contributed by atoms with E-state index >= 15 is 0 Å². The molecule has 1 fully saturated rings. The average molecular weight is 175 g/mol. The van der Waals surface area contributed by atoms with E-state index in [2.05, 4.69) is 10.2 Å². The third-order valence-electron chi connectivity index (χ3n) is 2.51. The summed E-state index contributed by atoms with van der Waals surface area (Å²) < 4.78 is 0.972. The van der Waals surface area contributed by atoms with E-state index in [1.165, 1.54) is 0 Å². The van der Waals surface area contributed by atoms with Crippen LogP contribution in [0.5, 0.6) is 0 Å². The second kappa shape index (κ2) is 2.22. The molecular weight excluding hydrogens is 166 g/mol. The van der Waals surface area contributed by atoms with Crippen LogP contribution in [0, 0.1) is 5.21 Å².